The van der Waals surface area contributed by atoms with Gasteiger partial charge in [0.05, 0.1) is 12.2 Å². The van der Waals surface area contributed by atoms with Crippen LogP contribution >= 0.6 is 11.6 Å². The molecule has 3 aliphatic heterocycles. The molecule has 1 aromatic heterocycles. The summed E-state index contributed by atoms with van der Waals surface area (Å²) in [6, 6.07) is 18.6. The SMILES string of the molecule is Cc1nc2c(n1C1C[C@H]3CC[C@@H](C1)N3CCCN(C(=O)Nc1ccc(Cl)cc1)c1ccccc1)CCN(C(=O)C1CCCC1)C2. The van der Waals surface area contributed by atoms with Crippen LogP contribution in [0.3, 0.4) is 0 Å². The highest BCUT2D eigenvalue weighted by molar-refractivity contribution is 6.30. The van der Waals surface area contributed by atoms with Gasteiger partial charge in [0.15, 0.2) is 0 Å². The van der Waals surface area contributed by atoms with Crippen molar-refractivity contribution in [2.24, 2.45) is 5.92 Å². The van der Waals surface area contributed by atoms with Crippen molar-refractivity contribution >= 4 is 34.9 Å². The maximum Gasteiger partial charge on any atom is 0.326 e. The standard InChI is InChI=1S/C36H45ClN6O2/c1-25-38-33-24-40(35(44)26-8-5-6-9-26)21-18-34(33)43(25)32-22-30-16-17-31(23-32)41(30)19-7-20-42(29-10-3-2-4-11-29)36(45)39-28-14-12-27(37)13-15-28/h2-4,10-15,26,30-32H,5-9,16-24H2,1H3,(H,39,45)/t30-,31+,32?. The Morgan fingerprint density at radius 3 is 2.38 bits per heavy atom. The van der Waals surface area contributed by atoms with Crippen molar-refractivity contribution in [3.05, 3.63) is 76.8 Å². The van der Waals surface area contributed by atoms with E-state index in [-0.39, 0.29) is 11.9 Å². The van der Waals surface area contributed by atoms with Crippen LogP contribution in [0.5, 0.6) is 0 Å². The van der Waals surface area contributed by atoms with Crippen LogP contribution in [0.1, 0.15) is 81.0 Å². The molecule has 4 heterocycles. The molecule has 8 nitrogen and oxygen atoms in total. The van der Waals surface area contributed by atoms with Crippen molar-refractivity contribution < 1.29 is 9.59 Å². The van der Waals surface area contributed by atoms with E-state index in [1.165, 1.54) is 31.4 Å². The molecule has 3 aromatic rings. The number of carbonyl (C=O) groups is 2. The topological polar surface area (TPSA) is 73.7 Å². The Kier molecular flexibility index (Phi) is 8.87. The molecular formula is C36H45ClN6O2. The van der Waals surface area contributed by atoms with Crippen LogP contribution in [0, 0.1) is 12.8 Å². The first-order chi connectivity index (χ1) is 21.9. The van der Waals surface area contributed by atoms with Gasteiger partial charge in [0.2, 0.25) is 5.91 Å². The number of fused-ring (bicyclic) bond motifs is 3. The highest BCUT2D eigenvalue weighted by atomic mass is 35.5. The zero-order chi connectivity index (χ0) is 30.9. The van der Waals surface area contributed by atoms with Crippen molar-refractivity contribution in [1.29, 1.82) is 0 Å². The summed E-state index contributed by atoms with van der Waals surface area (Å²) in [4.78, 5) is 38.2. The minimum absolute atomic E-state index is 0.130. The molecule has 1 N–H and O–H groups in total. The first kappa shape index (κ1) is 30.3. The van der Waals surface area contributed by atoms with Gasteiger partial charge in [-0.15, -0.1) is 0 Å². The number of halogens is 1. The number of imidazole rings is 1. The fraction of sp³-hybridized carbons (Fsp3) is 0.528. The van der Waals surface area contributed by atoms with Gasteiger partial charge >= 0.3 is 6.03 Å². The lowest BCUT2D eigenvalue weighted by molar-refractivity contribution is -0.136. The Balaban J connectivity index is 0.979. The highest BCUT2D eigenvalue weighted by Gasteiger charge is 2.42. The number of nitrogens with zero attached hydrogens (tertiary/aromatic N) is 5. The number of nitrogens with one attached hydrogen (secondary N) is 1. The average molecular weight is 629 g/mol. The Bertz CT molecular complexity index is 1490. The molecule has 3 fully saturated rings. The number of anilines is 2. The number of benzene rings is 2. The van der Waals surface area contributed by atoms with E-state index < -0.39 is 0 Å². The van der Waals surface area contributed by atoms with Crippen LogP contribution in [0.2, 0.25) is 5.02 Å². The molecule has 4 aliphatic rings. The molecule has 2 aromatic carbocycles. The molecular weight excluding hydrogens is 584 g/mol. The predicted molar refractivity (Wildman–Crippen MR) is 179 cm³/mol. The average Bonchev–Trinajstić information content (AvgIpc) is 3.76. The molecule has 7 rings (SSSR count). The van der Waals surface area contributed by atoms with Gasteiger partial charge in [0, 0.05) is 72.2 Å². The number of urea groups is 1. The van der Waals surface area contributed by atoms with Crippen LogP contribution in [0.25, 0.3) is 0 Å². The Hall–Kier alpha value is -3.36. The van der Waals surface area contributed by atoms with Crippen LogP contribution in [0.4, 0.5) is 16.2 Å². The molecule has 3 amide bonds. The van der Waals surface area contributed by atoms with E-state index in [1.54, 1.807) is 12.1 Å². The summed E-state index contributed by atoms with van der Waals surface area (Å²) < 4.78 is 2.55. The second-order valence-corrected chi connectivity index (χ2v) is 13.9. The summed E-state index contributed by atoms with van der Waals surface area (Å²) in [6.45, 7) is 5.28. The maximum absolute atomic E-state index is 13.4. The summed E-state index contributed by atoms with van der Waals surface area (Å²) in [7, 11) is 0. The predicted octanol–water partition coefficient (Wildman–Crippen LogP) is 7.22. The zero-order valence-corrected chi connectivity index (χ0v) is 27.1. The Morgan fingerprint density at radius 2 is 1.67 bits per heavy atom. The molecule has 2 saturated heterocycles. The lowest BCUT2D eigenvalue weighted by Gasteiger charge is -2.41. The van der Waals surface area contributed by atoms with Crippen molar-refractivity contribution in [3.8, 4) is 0 Å². The molecule has 45 heavy (non-hydrogen) atoms. The van der Waals surface area contributed by atoms with Crippen molar-refractivity contribution in [1.82, 2.24) is 19.4 Å². The highest BCUT2D eigenvalue weighted by Crippen LogP contribution is 2.42. The number of hydrogen-bond donors (Lipinski definition) is 1. The van der Waals surface area contributed by atoms with Crippen LogP contribution < -0.4 is 10.2 Å². The number of hydrogen-bond acceptors (Lipinski definition) is 4. The van der Waals surface area contributed by atoms with E-state index in [9.17, 15) is 9.59 Å². The van der Waals surface area contributed by atoms with Gasteiger partial charge < -0.3 is 14.8 Å². The number of para-hydroxylation sites is 1. The van der Waals surface area contributed by atoms with Gasteiger partial charge in [-0.25, -0.2) is 9.78 Å². The lowest BCUT2D eigenvalue weighted by atomic mass is 9.95. The quantitative estimate of drug-likeness (QED) is 0.286. The third-order valence-electron chi connectivity index (χ3n) is 10.7. The van der Waals surface area contributed by atoms with Gasteiger partial charge in [-0.2, -0.15) is 0 Å². The Morgan fingerprint density at radius 1 is 0.956 bits per heavy atom. The smallest absolute Gasteiger partial charge is 0.326 e. The number of rotatable bonds is 8. The summed E-state index contributed by atoms with van der Waals surface area (Å²) in [5.74, 6) is 1.69. The number of amides is 3. The van der Waals surface area contributed by atoms with Crippen LogP contribution in [-0.4, -0.2) is 63.0 Å². The van der Waals surface area contributed by atoms with Gasteiger partial charge in [-0.3, -0.25) is 14.6 Å². The molecule has 2 bridgehead atoms. The second-order valence-electron chi connectivity index (χ2n) is 13.4. The molecule has 0 spiro atoms. The van der Waals surface area contributed by atoms with E-state index in [2.05, 4.69) is 26.6 Å². The number of piperidine rings is 1. The summed E-state index contributed by atoms with van der Waals surface area (Å²) in [5.41, 5.74) is 4.12. The van der Waals surface area contributed by atoms with E-state index in [0.717, 1.165) is 74.5 Å². The molecule has 9 heteroatoms. The molecule has 1 unspecified atom stereocenters. The molecule has 238 valence electrons. The van der Waals surface area contributed by atoms with Gasteiger partial charge in [0.1, 0.15) is 5.82 Å². The zero-order valence-electron chi connectivity index (χ0n) is 26.3. The minimum Gasteiger partial charge on any atom is -0.336 e. The Labute approximate surface area is 271 Å². The fourth-order valence-electron chi connectivity index (χ4n) is 8.56. The third kappa shape index (κ3) is 6.36. The number of carbonyl (C=O) groups excluding carboxylic acids is 2. The largest absolute Gasteiger partial charge is 0.336 e. The van der Waals surface area contributed by atoms with Gasteiger partial charge in [0.25, 0.3) is 0 Å². The monoisotopic (exact) mass is 628 g/mol. The van der Waals surface area contributed by atoms with E-state index in [0.29, 0.717) is 42.1 Å². The van der Waals surface area contributed by atoms with Crippen molar-refractivity contribution in [2.75, 3.05) is 29.9 Å². The third-order valence-corrected chi connectivity index (χ3v) is 10.9. The van der Waals surface area contributed by atoms with Crippen molar-refractivity contribution in [3.63, 3.8) is 0 Å². The lowest BCUT2D eigenvalue weighted by Crippen LogP contribution is -2.45. The van der Waals surface area contributed by atoms with E-state index in [4.69, 9.17) is 16.6 Å². The first-order valence-corrected chi connectivity index (χ1v) is 17.3. The number of aromatic nitrogens is 2. The van der Waals surface area contributed by atoms with Crippen LogP contribution in [0.15, 0.2) is 54.6 Å². The summed E-state index contributed by atoms with van der Waals surface area (Å²) >= 11 is 6.05. The molecule has 3 atom stereocenters. The number of aryl methyl sites for hydroxylation is 1. The normalized spacial score (nSPS) is 23.2. The molecule has 1 aliphatic carbocycles. The fourth-order valence-corrected chi connectivity index (χ4v) is 8.68. The van der Waals surface area contributed by atoms with Gasteiger partial charge in [-0.1, -0.05) is 42.6 Å². The van der Waals surface area contributed by atoms with E-state index >= 15 is 0 Å². The maximum atomic E-state index is 13.4. The van der Waals surface area contributed by atoms with Gasteiger partial charge in [-0.05, 0) is 88.3 Å². The summed E-state index contributed by atoms with van der Waals surface area (Å²) in [6.07, 6.45) is 11.1. The van der Waals surface area contributed by atoms with Crippen LogP contribution in [-0.2, 0) is 17.8 Å². The molecule has 0 radical (unpaired) electrons. The van der Waals surface area contributed by atoms with Crippen molar-refractivity contribution in [2.45, 2.75) is 95.8 Å². The molecule has 1 saturated carbocycles. The summed E-state index contributed by atoms with van der Waals surface area (Å²) in [5, 5.41) is 3.69. The minimum atomic E-state index is -0.130. The van der Waals surface area contributed by atoms with E-state index in [1.807, 2.05) is 47.4 Å². The first-order valence-electron chi connectivity index (χ1n) is 16.9. The second kappa shape index (κ2) is 13.2.